The Hall–Kier alpha value is -2.43. The molecule has 5 heteroatoms. The Morgan fingerprint density at radius 1 is 1.18 bits per heavy atom. The first kappa shape index (κ1) is 18.9. The normalized spacial score (nSPS) is 18.6. The van der Waals surface area contributed by atoms with Gasteiger partial charge in [0.2, 0.25) is 0 Å². The van der Waals surface area contributed by atoms with Crippen molar-refractivity contribution in [1.82, 2.24) is 14.8 Å². The fraction of sp³-hybridized carbons (Fsp3) is 0.522. The number of amides is 2. The predicted molar refractivity (Wildman–Crippen MR) is 114 cm³/mol. The summed E-state index contributed by atoms with van der Waals surface area (Å²) < 4.78 is 2.36. The summed E-state index contributed by atoms with van der Waals surface area (Å²) in [5.41, 5.74) is 5.16. The molecule has 150 valence electrons. The number of fused-ring (bicyclic) bond motifs is 4. The summed E-state index contributed by atoms with van der Waals surface area (Å²) in [5.74, 6) is 0. The second-order valence-corrected chi connectivity index (χ2v) is 8.28. The van der Waals surface area contributed by atoms with Crippen molar-refractivity contribution < 1.29 is 4.79 Å². The van der Waals surface area contributed by atoms with Crippen LogP contribution >= 0.6 is 0 Å². The van der Waals surface area contributed by atoms with Crippen molar-refractivity contribution in [2.75, 3.05) is 24.5 Å². The SMILES string of the molecule is CC[C@H](C)NC(=O)N1CCC2(CC1)c1cccn1-c1ccc(C)cc1N2CC. The third-order valence-electron chi connectivity index (χ3n) is 6.60. The number of urea groups is 1. The molecular weight excluding hydrogens is 348 g/mol. The van der Waals surface area contributed by atoms with E-state index < -0.39 is 0 Å². The van der Waals surface area contributed by atoms with Gasteiger partial charge in [0.05, 0.1) is 16.9 Å². The summed E-state index contributed by atoms with van der Waals surface area (Å²) in [7, 11) is 0. The zero-order valence-corrected chi connectivity index (χ0v) is 17.5. The first-order chi connectivity index (χ1) is 13.5. The number of piperidine rings is 1. The van der Waals surface area contributed by atoms with Crippen molar-refractivity contribution >= 4 is 11.7 Å². The standard InChI is InChI=1S/C23H32N4O/c1-5-18(4)24-22(28)25-14-11-23(12-15-25)21-8-7-13-26(21)19-10-9-17(3)16-20(19)27(23)6-2/h7-10,13,16,18H,5-6,11-12,14-15H2,1-4H3,(H,24,28)/t18-/m0/s1. The van der Waals surface area contributed by atoms with E-state index in [0.29, 0.717) is 0 Å². The van der Waals surface area contributed by atoms with Gasteiger partial charge in [0.25, 0.3) is 0 Å². The highest BCUT2D eigenvalue weighted by Gasteiger charge is 2.46. The van der Waals surface area contributed by atoms with Crippen LogP contribution in [0.2, 0.25) is 0 Å². The summed E-state index contributed by atoms with van der Waals surface area (Å²) in [5, 5.41) is 3.12. The van der Waals surface area contributed by atoms with Gasteiger partial charge in [-0.15, -0.1) is 0 Å². The molecule has 0 bridgehead atoms. The lowest BCUT2D eigenvalue weighted by Gasteiger charge is -2.53. The molecule has 1 spiro atoms. The van der Waals surface area contributed by atoms with Gasteiger partial charge in [-0.05, 0) is 69.9 Å². The van der Waals surface area contributed by atoms with E-state index >= 15 is 0 Å². The van der Waals surface area contributed by atoms with Crippen molar-refractivity contribution in [3.63, 3.8) is 0 Å². The monoisotopic (exact) mass is 380 g/mol. The minimum atomic E-state index is -0.0494. The lowest BCUT2D eigenvalue weighted by molar-refractivity contribution is 0.149. The maximum atomic E-state index is 12.6. The number of carbonyl (C=O) groups excluding carboxylic acids is 1. The molecule has 4 rings (SSSR count). The molecule has 0 saturated carbocycles. The first-order valence-electron chi connectivity index (χ1n) is 10.6. The molecular formula is C23H32N4O. The Balaban J connectivity index is 1.66. The van der Waals surface area contributed by atoms with Crippen LogP contribution in [0, 0.1) is 6.92 Å². The first-order valence-corrected chi connectivity index (χ1v) is 10.6. The van der Waals surface area contributed by atoms with Gasteiger partial charge >= 0.3 is 6.03 Å². The molecule has 0 unspecified atom stereocenters. The van der Waals surface area contributed by atoms with Gasteiger partial charge in [-0.3, -0.25) is 0 Å². The van der Waals surface area contributed by atoms with Crippen LogP contribution in [-0.4, -0.2) is 41.2 Å². The summed E-state index contributed by atoms with van der Waals surface area (Å²) >= 11 is 0. The largest absolute Gasteiger partial charge is 0.359 e. The van der Waals surface area contributed by atoms with Crippen molar-refractivity contribution in [3.8, 4) is 5.69 Å². The van der Waals surface area contributed by atoms with Crippen LogP contribution in [0.25, 0.3) is 5.69 Å². The number of aryl methyl sites for hydroxylation is 1. The van der Waals surface area contributed by atoms with Crippen LogP contribution in [0.4, 0.5) is 10.5 Å². The fourth-order valence-electron chi connectivity index (χ4n) is 4.88. The number of hydrogen-bond donors (Lipinski definition) is 1. The Labute approximate surface area is 168 Å². The van der Waals surface area contributed by atoms with Crippen LogP contribution in [0.5, 0.6) is 0 Å². The van der Waals surface area contributed by atoms with Crippen molar-refractivity contribution in [2.24, 2.45) is 0 Å². The summed E-state index contributed by atoms with van der Waals surface area (Å²) in [6, 6.07) is 11.5. The molecule has 3 heterocycles. The molecule has 2 aliphatic heterocycles. The summed E-state index contributed by atoms with van der Waals surface area (Å²) in [4.78, 5) is 17.2. The molecule has 0 aliphatic carbocycles. The van der Waals surface area contributed by atoms with E-state index in [2.05, 4.69) is 79.0 Å². The third kappa shape index (κ3) is 2.88. The summed E-state index contributed by atoms with van der Waals surface area (Å²) in [6.45, 7) is 11.1. The Morgan fingerprint density at radius 3 is 2.61 bits per heavy atom. The lowest BCUT2D eigenvalue weighted by atomic mass is 9.80. The molecule has 28 heavy (non-hydrogen) atoms. The number of aromatic nitrogens is 1. The van der Waals surface area contributed by atoms with Gasteiger partial charge in [0.1, 0.15) is 0 Å². The number of rotatable bonds is 3. The van der Waals surface area contributed by atoms with Crippen LogP contribution in [-0.2, 0) is 5.54 Å². The van der Waals surface area contributed by atoms with Gasteiger partial charge in [0.15, 0.2) is 0 Å². The van der Waals surface area contributed by atoms with Gasteiger partial charge in [-0.25, -0.2) is 4.79 Å². The quantitative estimate of drug-likeness (QED) is 0.856. The van der Waals surface area contributed by atoms with Crippen LogP contribution in [0.3, 0.4) is 0 Å². The third-order valence-corrected chi connectivity index (χ3v) is 6.60. The number of anilines is 1. The topological polar surface area (TPSA) is 40.5 Å². The Bertz CT molecular complexity index is 863. The van der Waals surface area contributed by atoms with E-state index in [1.54, 1.807) is 0 Å². The van der Waals surface area contributed by atoms with Crippen LogP contribution < -0.4 is 10.2 Å². The van der Waals surface area contributed by atoms with Crippen molar-refractivity contribution in [1.29, 1.82) is 0 Å². The summed E-state index contributed by atoms with van der Waals surface area (Å²) in [6.07, 6.45) is 5.04. The average Bonchev–Trinajstić information content (AvgIpc) is 3.19. The van der Waals surface area contributed by atoms with Crippen molar-refractivity contribution in [3.05, 3.63) is 47.8 Å². The van der Waals surface area contributed by atoms with Crippen molar-refractivity contribution in [2.45, 2.75) is 58.5 Å². The minimum Gasteiger partial charge on any atom is -0.359 e. The second-order valence-electron chi connectivity index (χ2n) is 8.28. The van der Waals surface area contributed by atoms with E-state index in [0.717, 1.165) is 38.9 Å². The fourth-order valence-corrected chi connectivity index (χ4v) is 4.88. The highest BCUT2D eigenvalue weighted by atomic mass is 16.2. The number of likely N-dealkylation sites (tertiary alicyclic amines) is 1. The Morgan fingerprint density at radius 2 is 1.93 bits per heavy atom. The number of benzene rings is 1. The zero-order valence-electron chi connectivity index (χ0n) is 17.5. The van der Waals surface area contributed by atoms with Gasteiger partial charge in [0, 0.05) is 37.6 Å². The maximum absolute atomic E-state index is 12.6. The van der Waals surface area contributed by atoms with Crippen LogP contribution in [0.15, 0.2) is 36.5 Å². The van der Waals surface area contributed by atoms with E-state index in [9.17, 15) is 4.79 Å². The molecule has 1 saturated heterocycles. The minimum absolute atomic E-state index is 0.0494. The Kier molecular flexibility index (Phi) is 4.86. The molecule has 1 atom stereocenters. The molecule has 1 N–H and O–H groups in total. The van der Waals surface area contributed by atoms with E-state index in [1.807, 2.05) is 4.90 Å². The van der Waals surface area contributed by atoms with Gasteiger partial charge < -0.3 is 19.7 Å². The molecule has 1 fully saturated rings. The number of nitrogens with zero attached hydrogens (tertiary/aromatic N) is 3. The van der Waals surface area contributed by atoms with Gasteiger partial charge in [-0.2, -0.15) is 0 Å². The molecule has 2 aliphatic rings. The zero-order chi connectivity index (χ0) is 19.9. The average molecular weight is 381 g/mol. The highest BCUT2D eigenvalue weighted by Crippen LogP contribution is 2.48. The predicted octanol–water partition coefficient (Wildman–Crippen LogP) is 4.42. The molecule has 2 aromatic rings. The van der Waals surface area contributed by atoms with Gasteiger partial charge in [-0.1, -0.05) is 13.0 Å². The maximum Gasteiger partial charge on any atom is 0.317 e. The molecule has 1 aromatic heterocycles. The second kappa shape index (κ2) is 7.19. The molecule has 0 radical (unpaired) electrons. The smallest absolute Gasteiger partial charge is 0.317 e. The van der Waals surface area contributed by atoms with Crippen LogP contribution in [0.1, 0.15) is 51.3 Å². The number of hydrogen-bond acceptors (Lipinski definition) is 2. The molecule has 2 amide bonds. The highest BCUT2D eigenvalue weighted by molar-refractivity contribution is 5.75. The van der Waals surface area contributed by atoms with E-state index in [-0.39, 0.29) is 17.6 Å². The van der Waals surface area contributed by atoms with E-state index in [4.69, 9.17) is 0 Å². The number of nitrogens with one attached hydrogen (secondary N) is 1. The van der Waals surface area contributed by atoms with E-state index in [1.165, 1.54) is 22.6 Å². The molecule has 5 nitrogen and oxygen atoms in total. The number of carbonyl (C=O) groups is 1. The lowest BCUT2D eigenvalue weighted by Crippen LogP contribution is -2.58. The molecule has 1 aromatic carbocycles.